The number of rotatable bonds is 8. The van der Waals surface area contributed by atoms with Crippen molar-refractivity contribution in [1.29, 1.82) is 0 Å². The second-order valence-corrected chi connectivity index (χ2v) is 7.60. The molecular weight excluding hydrogens is 328 g/mol. The summed E-state index contributed by atoms with van der Waals surface area (Å²) in [5, 5.41) is 0. The predicted molar refractivity (Wildman–Crippen MR) is 103 cm³/mol. The normalized spacial score (nSPS) is 21.3. The largest absolute Gasteiger partial charge is 0.493 e. The topological polar surface area (TPSA) is 44.8 Å². The van der Waals surface area contributed by atoms with Gasteiger partial charge in [0.15, 0.2) is 11.5 Å². The average molecular weight is 358 g/mol. The molecule has 0 spiro atoms. The average Bonchev–Trinajstić information content (AvgIpc) is 3.12. The number of carbonyl (C=O) groups excluding carboxylic acids is 1. The first kappa shape index (κ1) is 20.1. The van der Waals surface area contributed by atoms with Crippen LogP contribution < -0.4 is 9.47 Å². The molecule has 3 atom stereocenters. The Hall–Kier alpha value is -2.23. The molecule has 0 aromatic heterocycles. The van der Waals surface area contributed by atoms with Gasteiger partial charge in [-0.15, -0.1) is 6.58 Å². The van der Waals surface area contributed by atoms with Crippen molar-refractivity contribution in [2.24, 2.45) is 17.3 Å². The fourth-order valence-electron chi connectivity index (χ4n) is 3.57. The van der Waals surface area contributed by atoms with Crippen LogP contribution >= 0.6 is 0 Å². The van der Waals surface area contributed by atoms with Crippen molar-refractivity contribution in [2.75, 3.05) is 14.2 Å². The molecule has 1 aromatic carbocycles. The Bertz CT molecular complexity index is 698. The third-order valence-corrected chi connectivity index (χ3v) is 5.10. The zero-order valence-corrected chi connectivity index (χ0v) is 16.7. The van der Waals surface area contributed by atoms with Crippen LogP contribution in [0.25, 0.3) is 0 Å². The highest BCUT2D eigenvalue weighted by Crippen LogP contribution is 2.60. The van der Waals surface area contributed by atoms with Gasteiger partial charge in [0.25, 0.3) is 0 Å². The first-order valence-corrected chi connectivity index (χ1v) is 8.95. The minimum Gasteiger partial charge on any atom is -0.493 e. The number of benzene rings is 1. The van der Waals surface area contributed by atoms with Gasteiger partial charge in [0.2, 0.25) is 0 Å². The smallest absolute Gasteiger partial charge is 0.310 e. The summed E-state index contributed by atoms with van der Waals surface area (Å²) in [6.07, 6.45) is 3.98. The van der Waals surface area contributed by atoms with E-state index in [2.05, 4.69) is 40.3 Å². The fraction of sp³-hybridized carbons (Fsp3) is 0.500. The molecule has 0 N–H and O–H groups in total. The molecule has 1 aromatic rings. The van der Waals surface area contributed by atoms with E-state index < -0.39 is 6.10 Å². The summed E-state index contributed by atoms with van der Waals surface area (Å²) in [5.74, 6) is 1.13. The third-order valence-electron chi connectivity index (χ3n) is 5.10. The molecule has 1 aliphatic carbocycles. The molecule has 0 saturated heterocycles. The number of methoxy groups -OCH3 is 2. The molecule has 0 amide bonds. The second kappa shape index (κ2) is 7.98. The van der Waals surface area contributed by atoms with Crippen molar-refractivity contribution >= 4 is 5.97 Å². The molecule has 0 radical (unpaired) electrons. The van der Waals surface area contributed by atoms with Gasteiger partial charge in [-0.05, 0) is 31.2 Å². The van der Waals surface area contributed by atoms with Crippen molar-refractivity contribution in [2.45, 2.75) is 40.2 Å². The van der Waals surface area contributed by atoms with E-state index in [0.717, 1.165) is 5.56 Å². The predicted octanol–water partition coefficient (Wildman–Crippen LogP) is 5.10. The van der Waals surface area contributed by atoms with Gasteiger partial charge >= 0.3 is 5.97 Å². The van der Waals surface area contributed by atoms with Gasteiger partial charge in [-0.2, -0.15) is 0 Å². The van der Waals surface area contributed by atoms with Gasteiger partial charge in [-0.25, -0.2) is 0 Å². The van der Waals surface area contributed by atoms with Crippen LogP contribution in [0.3, 0.4) is 0 Å². The van der Waals surface area contributed by atoms with Crippen LogP contribution in [0, 0.1) is 17.3 Å². The summed E-state index contributed by atoms with van der Waals surface area (Å²) >= 11 is 0. The van der Waals surface area contributed by atoms with Crippen molar-refractivity contribution in [3.63, 3.8) is 0 Å². The molecule has 142 valence electrons. The molecule has 4 heteroatoms. The zero-order chi connectivity index (χ0) is 19.5. The minimum atomic E-state index is -0.450. The lowest BCUT2D eigenvalue weighted by atomic mass is 10.0. The molecule has 1 saturated carbocycles. The Balaban J connectivity index is 2.26. The van der Waals surface area contributed by atoms with Gasteiger partial charge in [-0.1, -0.05) is 43.7 Å². The Morgan fingerprint density at radius 1 is 1.27 bits per heavy atom. The van der Waals surface area contributed by atoms with E-state index in [-0.39, 0.29) is 23.2 Å². The lowest BCUT2D eigenvalue weighted by molar-refractivity contribution is -0.152. The maximum Gasteiger partial charge on any atom is 0.310 e. The van der Waals surface area contributed by atoms with Crippen LogP contribution in [0.2, 0.25) is 0 Å². The van der Waals surface area contributed by atoms with Gasteiger partial charge in [0.05, 0.1) is 20.1 Å². The molecule has 0 unspecified atom stereocenters. The van der Waals surface area contributed by atoms with Crippen LogP contribution in [0.1, 0.15) is 45.8 Å². The van der Waals surface area contributed by atoms with E-state index in [0.29, 0.717) is 17.9 Å². The Labute approximate surface area is 156 Å². The summed E-state index contributed by atoms with van der Waals surface area (Å²) in [5.41, 5.74) is 1.93. The molecule has 1 aliphatic rings. The van der Waals surface area contributed by atoms with E-state index in [4.69, 9.17) is 14.2 Å². The molecule has 0 bridgehead atoms. The third kappa shape index (κ3) is 3.95. The van der Waals surface area contributed by atoms with Gasteiger partial charge in [0.1, 0.15) is 6.10 Å². The van der Waals surface area contributed by atoms with E-state index in [1.54, 1.807) is 20.3 Å². The van der Waals surface area contributed by atoms with E-state index in [9.17, 15) is 4.79 Å². The van der Waals surface area contributed by atoms with Crippen LogP contribution in [-0.2, 0) is 9.53 Å². The SMILES string of the molecule is C=CC[C@H](OC(=O)[C@H]1[C@@H](C=C(C)C)C1(C)C)c1cccc(OC)c1OC. The standard InChI is InChI=1S/C22H30O4/c1-8-10-17(15-11-9-12-18(24-6)20(15)25-7)26-21(23)19-16(13-14(2)3)22(19,4)5/h8-9,11-13,16-17,19H,1,10H2,2-7H3/t16-,17+,19-/m1/s1. The molecule has 4 nitrogen and oxygen atoms in total. The van der Waals surface area contributed by atoms with E-state index in [1.807, 2.05) is 18.2 Å². The van der Waals surface area contributed by atoms with Crippen LogP contribution in [0.15, 0.2) is 42.5 Å². The maximum atomic E-state index is 12.9. The molecule has 0 heterocycles. The Kier molecular flexibility index (Phi) is 6.17. The Morgan fingerprint density at radius 3 is 2.50 bits per heavy atom. The maximum absolute atomic E-state index is 12.9. The van der Waals surface area contributed by atoms with Crippen molar-refractivity contribution < 1.29 is 19.0 Å². The quantitative estimate of drug-likeness (QED) is 0.479. The number of para-hydroxylation sites is 1. The monoisotopic (exact) mass is 358 g/mol. The summed E-state index contributed by atoms with van der Waals surface area (Å²) < 4.78 is 16.8. The van der Waals surface area contributed by atoms with Gasteiger partial charge in [-0.3, -0.25) is 4.79 Å². The van der Waals surface area contributed by atoms with Gasteiger partial charge in [0, 0.05) is 12.0 Å². The van der Waals surface area contributed by atoms with Crippen LogP contribution in [0.5, 0.6) is 11.5 Å². The molecule has 0 aliphatic heterocycles. The van der Waals surface area contributed by atoms with Crippen molar-refractivity contribution in [3.05, 3.63) is 48.1 Å². The summed E-state index contributed by atoms with van der Waals surface area (Å²) in [4.78, 5) is 12.9. The number of allylic oxidation sites excluding steroid dienone is 2. The van der Waals surface area contributed by atoms with Crippen molar-refractivity contribution in [1.82, 2.24) is 0 Å². The number of hydrogen-bond acceptors (Lipinski definition) is 4. The molecule has 1 fully saturated rings. The molecule has 26 heavy (non-hydrogen) atoms. The van der Waals surface area contributed by atoms with E-state index in [1.165, 1.54) is 5.57 Å². The summed E-state index contributed by atoms with van der Waals surface area (Å²) in [6, 6.07) is 5.59. The van der Waals surface area contributed by atoms with Crippen LogP contribution in [0.4, 0.5) is 0 Å². The van der Waals surface area contributed by atoms with Crippen LogP contribution in [-0.4, -0.2) is 20.2 Å². The highest BCUT2D eigenvalue weighted by Gasteiger charge is 2.61. The first-order chi connectivity index (χ1) is 12.3. The van der Waals surface area contributed by atoms with E-state index >= 15 is 0 Å². The minimum absolute atomic E-state index is 0.0778. The zero-order valence-electron chi connectivity index (χ0n) is 16.7. The highest BCUT2D eigenvalue weighted by atomic mass is 16.5. The fourth-order valence-corrected chi connectivity index (χ4v) is 3.57. The lowest BCUT2D eigenvalue weighted by Crippen LogP contribution is -2.16. The van der Waals surface area contributed by atoms with Gasteiger partial charge < -0.3 is 14.2 Å². The number of hydrogen-bond donors (Lipinski definition) is 0. The molecule has 2 rings (SSSR count). The number of carbonyl (C=O) groups is 1. The summed E-state index contributed by atoms with van der Waals surface area (Å²) in [7, 11) is 3.18. The number of esters is 1. The first-order valence-electron chi connectivity index (χ1n) is 8.95. The number of ether oxygens (including phenoxy) is 3. The second-order valence-electron chi connectivity index (χ2n) is 7.60. The summed E-state index contributed by atoms with van der Waals surface area (Å²) in [6.45, 7) is 12.1. The Morgan fingerprint density at radius 2 is 1.96 bits per heavy atom. The lowest BCUT2D eigenvalue weighted by Gasteiger charge is -2.21. The highest BCUT2D eigenvalue weighted by molar-refractivity contribution is 5.78. The molecular formula is C22H30O4. The van der Waals surface area contributed by atoms with Crippen molar-refractivity contribution in [3.8, 4) is 11.5 Å².